The average molecular weight is 342 g/mol. The van der Waals surface area contributed by atoms with Crippen molar-refractivity contribution in [2.45, 2.75) is 25.8 Å². The molecule has 0 spiro atoms. The highest BCUT2D eigenvalue weighted by Crippen LogP contribution is 2.46. The second kappa shape index (κ2) is 5.47. The monoisotopic (exact) mass is 342 g/mol. The van der Waals surface area contributed by atoms with Gasteiger partial charge in [0.05, 0.1) is 17.3 Å². The van der Waals surface area contributed by atoms with Crippen LogP contribution in [0.3, 0.4) is 0 Å². The lowest BCUT2D eigenvalue weighted by atomic mass is 9.61. The molecule has 1 saturated heterocycles. The Morgan fingerprint density at radius 1 is 1.28 bits per heavy atom. The summed E-state index contributed by atoms with van der Waals surface area (Å²) in [4.78, 5) is 29.9. The molecule has 1 aliphatic carbocycles. The van der Waals surface area contributed by atoms with E-state index in [0.717, 1.165) is 17.8 Å². The van der Waals surface area contributed by atoms with Crippen LogP contribution >= 0.6 is 0 Å². The minimum Gasteiger partial charge on any atom is -0.465 e. The van der Waals surface area contributed by atoms with Crippen molar-refractivity contribution in [3.05, 3.63) is 36.4 Å². The third kappa shape index (κ3) is 2.54. The van der Waals surface area contributed by atoms with Gasteiger partial charge < -0.3 is 19.7 Å². The predicted octanol–water partition coefficient (Wildman–Crippen LogP) is 1.93. The van der Waals surface area contributed by atoms with Crippen LogP contribution in [0.4, 0.5) is 4.79 Å². The lowest BCUT2D eigenvalue weighted by molar-refractivity contribution is -0.142. The number of fused-ring (bicyclic) bond motifs is 3. The van der Waals surface area contributed by atoms with Gasteiger partial charge in [0.1, 0.15) is 5.82 Å². The number of nitrogens with zero attached hydrogens (tertiary/aromatic N) is 3. The molecule has 0 aromatic carbocycles. The second-order valence-corrected chi connectivity index (χ2v) is 7.66. The standard InChI is InChI=1S/C18H22N4O3/c1-18(2,16-19-8-13-5-3-4-6-22(13)16)20-15(23)14-11-7-12(14)10-21(9-11)17(24)25/h3-6,8,11-12,14H,7,9-10H2,1-2H3,(H,20,23)(H,24,25)/t11-,12+,14+. The van der Waals surface area contributed by atoms with Gasteiger partial charge in [0.2, 0.25) is 5.91 Å². The number of pyridine rings is 1. The molecule has 7 heteroatoms. The fourth-order valence-electron chi connectivity index (χ4n) is 4.33. The number of aromatic nitrogens is 2. The quantitative estimate of drug-likeness (QED) is 0.892. The van der Waals surface area contributed by atoms with E-state index in [2.05, 4.69) is 10.3 Å². The van der Waals surface area contributed by atoms with Crippen molar-refractivity contribution in [1.29, 1.82) is 0 Å². The summed E-state index contributed by atoms with van der Waals surface area (Å²) in [5.41, 5.74) is 0.374. The van der Waals surface area contributed by atoms with Gasteiger partial charge in [-0.3, -0.25) is 4.79 Å². The number of carboxylic acid groups (broad SMARTS) is 1. The van der Waals surface area contributed by atoms with Crippen molar-refractivity contribution in [2.75, 3.05) is 13.1 Å². The molecule has 2 bridgehead atoms. The third-order valence-corrected chi connectivity index (χ3v) is 5.54. The van der Waals surface area contributed by atoms with Gasteiger partial charge in [0.15, 0.2) is 0 Å². The average Bonchev–Trinajstić information content (AvgIpc) is 2.99. The molecule has 2 aromatic heterocycles. The zero-order valence-corrected chi connectivity index (χ0v) is 14.3. The van der Waals surface area contributed by atoms with Crippen molar-refractivity contribution in [2.24, 2.45) is 17.8 Å². The highest BCUT2D eigenvalue weighted by atomic mass is 16.4. The Morgan fingerprint density at radius 3 is 2.68 bits per heavy atom. The Hall–Kier alpha value is -2.57. The molecular formula is C18H22N4O3. The molecular weight excluding hydrogens is 320 g/mol. The summed E-state index contributed by atoms with van der Waals surface area (Å²) in [5.74, 6) is 0.948. The fraction of sp³-hybridized carbons (Fsp3) is 0.500. The molecule has 0 radical (unpaired) electrons. The largest absolute Gasteiger partial charge is 0.465 e. The molecule has 0 unspecified atom stereocenters. The first-order valence-corrected chi connectivity index (χ1v) is 8.59. The van der Waals surface area contributed by atoms with Crippen molar-refractivity contribution in [3.63, 3.8) is 0 Å². The molecule has 2 N–H and O–H groups in total. The summed E-state index contributed by atoms with van der Waals surface area (Å²) in [6, 6.07) is 5.87. The number of hydrogen-bond acceptors (Lipinski definition) is 3. The van der Waals surface area contributed by atoms with E-state index in [9.17, 15) is 9.59 Å². The van der Waals surface area contributed by atoms with Gasteiger partial charge >= 0.3 is 6.09 Å². The molecule has 2 aliphatic rings. The maximum absolute atomic E-state index is 12.8. The number of hydrogen-bond donors (Lipinski definition) is 2. The van der Waals surface area contributed by atoms with Gasteiger partial charge in [-0.2, -0.15) is 0 Å². The summed E-state index contributed by atoms with van der Waals surface area (Å²) >= 11 is 0. The third-order valence-electron chi connectivity index (χ3n) is 5.54. The maximum atomic E-state index is 12.8. The van der Waals surface area contributed by atoms with Gasteiger partial charge in [-0.25, -0.2) is 9.78 Å². The summed E-state index contributed by atoms with van der Waals surface area (Å²) in [5, 5.41) is 12.3. The molecule has 25 heavy (non-hydrogen) atoms. The molecule has 7 nitrogen and oxygen atoms in total. The molecule has 2 aromatic rings. The van der Waals surface area contributed by atoms with Crippen molar-refractivity contribution >= 4 is 17.5 Å². The molecule has 2 fully saturated rings. The van der Waals surface area contributed by atoms with E-state index in [1.165, 1.54) is 4.90 Å². The van der Waals surface area contributed by atoms with Crippen LogP contribution in [0.15, 0.2) is 30.6 Å². The van der Waals surface area contributed by atoms with Gasteiger partial charge in [-0.05, 0) is 44.2 Å². The van der Waals surface area contributed by atoms with Crippen LogP contribution in [0.25, 0.3) is 5.52 Å². The fourth-order valence-corrected chi connectivity index (χ4v) is 4.33. The van der Waals surface area contributed by atoms with E-state index in [4.69, 9.17) is 5.11 Å². The first-order valence-electron chi connectivity index (χ1n) is 8.59. The van der Waals surface area contributed by atoms with E-state index in [1.54, 1.807) is 6.20 Å². The lowest BCUT2D eigenvalue weighted by Crippen LogP contribution is -2.62. The molecule has 4 rings (SSSR count). The summed E-state index contributed by atoms with van der Waals surface area (Å²) in [6.07, 6.45) is 3.78. The minimum atomic E-state index is -0.891. The minimum absolute atomic E-state index is 0.00368. The number of amides is 2. The summed E-state index contributed by atoms with van der Waals surface area (Å²) < 4.78 is 1.98. The first-order chi connectivity index (χ1) is 11.9. The molecule has 132 valence electrons. The highest BCUT2D eigenvalue weighted by Gasteiger charge is 2.52. The van der Waals surface area contributed by atoms with Crippen LogP contribution in [-0.4, -0.2) is 44.5 Å². The highest BCUT2D eigenvalue weighted by molar-refractivity contribution is 5.81. The van der Waals surface area contributed by atoms with Crippen LogP contribution in [0.5, 0.6) is 0 Å². The molecule has 3 atom stereocenters. The molecule has 3 heterocycles. The van der Waals surface area contributed by atoms with Gasteiger partial charge in [0.25, 0.3) is 0 Å². The second-order valence-electron chi connectivity index (χ2n) is 7.66. The van der Waals surface area contributed by atoms with Crippen LogP contribution in [-0.2, 0) is 10.3 Å². The number of carbonyl (C=O) groups excluding carboxylic acids is 1. The van der Waals surface area contributed by atoms with E-state index < -0.39 is 11.6 Å². The van der Waals surface area contributed by atoms with Crippen LogP contribution in [0.2, 0.25) is 0 Å². The van der Waals surface area contributed by atoms with Crippen LogP contribution in [0, 0.1) is 17.8 Å². The Morgan fingerprint density at radius 2 is 2.00 bits per heavy atom. The summed E-state index contributed by atoms with van der Waals surface area (Å²) in [7, 11) is 0. The number of nitrogens with one attached hydrogen (secondary N) is 1. The Balaban J connectivity index is 1.50. The number of carbonyl (C=O) groups is 2. The van der Waals surface area contributed by atoms with Crippen LogP contribution in [0.1, 0.15) is 26.1 Å². The van der Waals surface area contributed by atoms with Gasteiger partial charge in [-0.1, -0.05) is 6.07 Å². The lowest BCUT2D eigenvalue weighted by Gasteiger charge is -2.52. The zero-order chi connectivity index (χ0) is 17.8. The van der Waals surface area contributed by atoms with E-state index in [-0.39, 0.29) is 23.7 Å². The molecule has 2 amide bonds. The molecule has 1 aliphatic heterocycles. The Kier molecular flexibility index (Phi) is 3.49. The van der Waals surface area contributed by atoms with E-state index in [1.807, 2.05) is 42.6 Å². The smallest absolute Gasteiger partial charge is 0.407 e. The number of rotatable bonds is 3. The van der Waals surface area contributed by atoms with Gasteiger partial charge in [-0.15, -0.1) is 0 Å². The van der Waals surface area contributed by atoms with Crippen molar-refractivity contribution in [1.82, 2.24) is 19.6 Å². The van der Waals surface area contributed by atoms with Crippen molar-refractivity contribution in [3.8, 4) is 0 Å². The number of likely N-dealkylation sites (tertiary alicyclic amines) is 1. The predicted molar refractivity (Wildman–Crippen MR) is 91.0 cm³/mol. The van der Waals surface area contributed by atoms with Crippen LogP contribution < -0.4 is 5.32 Å². The topological polar surface area (TPSA) is 86.9 Å². The number of piperidine rings is 2. The Labute approximate surface area is 145 Å². The van der Waals surface area contributed by atoms with Gasteiger partial charge in [0, 0.05) is 25.2 Å². The zero-order valence-electron chi connectivity index (χ0n) is 14.3. The first kappa shape index (κ1) is 15.9. The van der Waals surface area contributed by atoms with Crippen molar-refractivity contribution < 1.29 is 14.7 Å². The normalized spacial score (nSPS) is 25.5. The summed E-state index contributed by atoms with van der Waals surface area (Å²) in [6.45, 7) is 4.81. The van der Waals surface area contributed by atoms with E-state index in [0.29, 0.717) is 13.1 Å². The Bertz CT molecular complexity index is 832. The van der Waals surface area contributed by atoms with E-state index >= 15 is 0 Å². The molecule has 1 saturated carbocycles. The number of imidazole rings is 1. The maximum Gasteiger partial charge on any atom is 0.407 e. The SMILES string of the molecule is CC(C)(NC(=O)[C@H]1[C@@H]2C[C@H]1CN(C(=O)O)C2)c1ncc2ccccn12.